The van der Waals surface area contributed by atoms with E-state index < -0.39 is 12.1 Å². The van der Waals surface area contributed by atoms with Crippen molar-refractivity contribution in [3.05, 3.63) is 58.0 Å². The van der Waals surface area contributed by atoms with Gasteiger partial charge in [-0.3, -0.25) is 4.79 Å². The smallest absolute Gasteiger partial charge is 0.334 e. The van der Waals surface area contributed by atoms with E-state index in [9.17, 15) is 14.0 Å². The van der Waals surface area contributed by atoms with Crippen LogP contribution in [-0.2, 0) is 14.3 Å². The Morgan fingerprint density at radius 1 is 1.28 bits per heavy atom. The first-order valence-corrected chi connectivity index (χ1v) is 8.57. The van der Waals surface area contributed by atoms with Crippen LogP contribution >= 0.6 is 11.3 Å². The number of amides is 1. The predicted octanol–water partition coefficient (Wildman–Crippen LogP) is 2.74. The van der Waals surface area contributed by atoms with Gasteiger partial charge in [0, 0.05) is 11.4 Å². The maximum Gasteiger partial charge on any atom is 0.334 e. The van der Waals surface area contributed by atoms with Gasteiger partial charge in [0.1, 0.15) is 5.82 Å². The fourth-order valence-corrected chi connectivity index (χ4v) is 3.28. The number of halogens is 1. The third-order valence-corrected chi connectivity index (χ3v) is 4.73. The van der Waals surface area contributed by atoms with E-state index in [1.165, 1.54) is 28.4 Å². The van der Waals surface area contributed by atoms with Gasteiger partial charge in [-0.05, 0) is 35.2 Å². The van der Waals surface area contributed by atoms with Crippen molar-refractivity contribution >= 4 is 34.9 Å². The first-order valence-electron chi connectivity index (χ1n) is 7.69. The first-order chi connectivity index (χ1) is 12.0. The largest absolute Gasteiger partial charge is 0.479 e. The lowest BCUT2D eigenvalue weighted by Crippen LogP contribution is -2.48. The van der Waals surface area contributed by atoms with E-state index in [1.54, 1.807) is 18.2 Å². The number of thiophene rings is 1. The lowest BCUT2D eigenvalue weighted by Gasteiger charge is -2.31. The van der Waals surface area contributed by atoms with Crippen LogP contribution in [0.1, 0.15) is 10.4 Å². The Bertz CT molecular complexity index is 786. The molecule has 1 unspecified atom stereocenters. The van der Waals surface area contributed by atoms with E-state index in [0.717, 1.165) is 4.88 Å². The van der Waals surface area contributed by atoms with Crippen LogP contribution < -0.4 is 0 Å². The molecule has 1 N–H and O–H groups in total. The Balaban J connectivity index is 1.90. The van der Waals surface area contributed by atoms with Crippen LogP contribution in [-0.4, -0.2) is 47.7 Å². The van der Waals surface area contributed by atoms with Crippen LogP contribution in [0.5, 0.6) is 0 Å². The van der Waals surface area contributed by atoms with E-state index >= 15 is 0 Å². The number of hydrogen-bond donors (Lipinski definition) is 1. The molecule has 1 amide bonds. The highest BCUT2D eigenvalue weighted by molar-refractivity contribution is 7.11. The molecule has 1 aliphatic heterocycles. The number of nitrogens with zero attached hydrogens (tertiary/aromatic N) is 1. The Morgan fingerprint density at radius 3 is 2.68 bits per heavy atom. The number of carboxylic acids is 1. The average Bonchev–Trinajstić information content (AvgIpc) is 3.15. The van der Waals surface area contributed by atoms with Crippen molar-refractivity contribution in [1.29, 1.82) is 0 Å². The lowest BCUT2D eigenvalue weighted by atomic mass is 10.1. The number of hydrogen-bond acceptors (Lipinski definition) is 4. The van der Waals surface area contributed by atoms with Gasteiger partial charge in [0.2, 0.25) is 0 Å². The van der Waals surface area contributed by atoms with Crippen molar-refractivity contribution in [3.63, 3.8) is 0 Å². The summed E-state index contributed by atoms with van der Waals surface area (Å²) in [6, 6.07) is 9.51. The molecule has 7 heteroatoms. The van der Waals surface area contributed by atoms with Gasteiger partial charge in [-0.25, -0.2) is 9.18 Å². The Morgan fingerprint density at radius 2 is 2.04 bits per heavy atom. The molecule has 1 aromatic heterocycles. The standard InChI is InChI=1S/C18H16FNO4S/c19-13-5-3-12(4-6-13)10-14(16-2-1-9-25-16)17(21)20-7-8-24-15(11-20)18(22)23/h1-6,9-10,15H,7-8,11H2,(H,22,23)/b14-10+. The molecule has 2 aromatic rings. The second-order valence-electron chi connectivity index (χ2n) is 5.54. The molecule has 5 nitrogen and oxygen atoms in total. The van der Waals surface area contributed by atoms with Crippen molar-refractivity contribution in [2.45, 2.75) is 6.10 Å². The summed E-state index contributed by atoms with van der Waals surface area (Å²) in [5, 5.41) is 11.0. The normalized spacial score (nSPS) is 18.2. The third kappa shape index (κ3) is 4.12. The Labute approximate surface area is 148 Å². The molecule has 1 atom stereocenters. The lowest BCUT2D eigenvalue weighted by molar-refractivity contribution is -0.158. The second-order valence-corrected chi connectivity index (χ2v) is 6.48. The summed E-state index contributed by atoms with van der Waals surface area (Å²) in [5.41, 5.74) is 1.15. The molecule has 1 aromatic carbocycles. The number of morpholine rings is 1. The maximum absolute atomic E-state index is 13.1. The highest BCUT2D eigenvalue weighted by atomic mass is 32.1. The van der Waals surface area contributed by atoms with E-state index in [2.05, 4.69) is 0 Å². The maximum atomic E-state index is 13.1. The molecule has 0 bridgehead atoms. The Hall–Kier alpha value is -2.51. The molecule has 1 aliphatic rings. The van der Waals surface area contributed by atoms with Crippen LogP contribution in [0.4, 0.5) is 4.39 Å². The molecular weight excluding hydrogens is 345 g/mol. The summed E-state index contributed by atoms with van der Waals surface area (Å²) >= 11 is 1.42. The molecule has 0 spiro atoms. The summed E-state index contributed by atoms with van der Waals surface area (Å²) in [6.07, 6.45) is 0.673. The molecular formula is C18H16FNO4S. The van der Waals surface area contributed by atoms with Crippen LogP contribution in [0.2, 0.25) is 0 Å². The van der Waals surface area contributed by atoms with Crippen LogP contribution in [0.25, 0.3) is 11.6 Å². The number of carbonyl (C=O) groups is 2. The summed E-state index contributed by atoms with van der Waals surface area (Å²) in [7, 11) is 0. The molecule has 3 rings (SSSR count). The summed E-state index contributed by atoms with van der Waals surface area (Å²) < 4.78 is 18.3. The molecule has 2 heterocycles. The number of carboxylic acid groups (broad SMARTS) is 1. The molecule has 0 radical (unpaired) electrons. The zero-order valence-electron chi connectivity index (χ0n) is 13.2. The van der Waals surface area contributed by atoms with Gasteiger partial charge in [-0.2, -0.15) is 0 Å². The molecule has 1 saturated heterocycles. The highest BCUT2D eigenvalue weighted by Crippen LogP contribution is 2.26. The van der Waals surface area contributed by atoms with Gasteiger partial charge in [0.15, 0.2) is 6.10 Å². The SMILES string of the molecule is O=C(O)C1CN(C(=O)/C(=C/c2ccc(F)cc2)c2cccs2)CCO1. The minimum Gasteiger partial charge on any atom is -0.479 e. The van der Waals surface area contributed by atoms with Gasteiger partial charge < -0.3 is 14.7 Å². The number of carbonyl (C=O) groups excluding carboxylic acids is 1. The van der Waals surface area contributed by atoms with Crippen LogP contribution in [0.15, 0.2) is 41.8 Å². The Kier molecular flexibility index (Phi) is 5.25. The summed E-state index contributed by atoms with van der Waals surface area (Å²) in [5.74, 6) is -1.70. The first kappa shape index (κ1) is 17.3. The summed E-state index contributed by atoms with van der Waals surface area (Å²) in [6.45, 7) is 0.506. The number of rotatable bonds is 4. The van der Waals surface area contributed by atoms with Gasteiger partial charge in [-0.1, -0.05) is 18.2 Å². The van der Waals surface area contributed by atoms with Gasteiger partial charge in [0.05, 0.1) is 18.7 Å². The zero-order valence-corrected chi connectivity index (χ0v) is 14.0. The molecule has 0 aliphatic carbocycles. The highest BCUT2D eigenvalue weighted by Gasteiger charge is 2.30. The summed E-state index contributed by atoms with van der Waals surface area (Å²) in [4.78, 5) is 26.4. The van der Waals surface area contributed by atoms with Crippen molar-refractivity contribution in [3.8, 4) is 0 Å². The average molecular weight is 361 g/mol. The van der Waals surface area contributed by atoms with E-state index in [0.29, 0.717) is 17.7 Å². The van der Waals surface area contributed by atoms with Crippen LogP contribution in [0, 0.1) is 5.82 Å². The fourth-order valence-electron chi connectivity index (χ4n) is 2.55. The van der Waals surface area contributed by atoms with E-state index in [1.807, 2.05) is 17.5 Å². The number of ether oxygens (including phenoxy) is 1. The quantitative estimate of drug-likeness (QED) is 0.851. The van der Waals surface area contributed by atoms with E-state index in [-0.39, 0.29) is 24.9 Å². The van der Waals surface area contributed by atoms with Crippen molar-refractivity contribution in [2.75, 3.05) is 19.7 Å². The number of benzene rings is 1. The fraction of sp³-hybridized carbons (Fsp3) is 0.222. The zero-order chi connectivity index (χ0) is 17.8. The molecule has 130 valence electrons. The number of aliphatic carboxylic acids is 1. The second kappa shape index (κ2) is 7.58. The topological polar surface area (TPSA) is 66.8 Å². The molecule has 0 saturated carbocycles. The molecule has 1 fully saturated rings. The van der Waals surface area contributed by atoms with Crippen molar-refractivity contribution in [1.82, 2.24) is 4.90 Å². The van der Waals surface area contributed by atoms with Gasteiger partial charge >= 0.3 is 5.97 Å². The van der Waals surface area contributed by atoms with Gasteiger partial charge in [-0.15, -0.1) is 11.3 Å². The molecule has 25 heavy (non-hydrogen) atoms. The predicted molar refractivity (Wildman–Crippen MR) is 92.5 cm³/mol. The minimum absolute atomic E-state index is 0.000297. The van der Waals surface area contributed by atoms with E-state index in [4.69, 9.17) is 9.84 Å². The van der Waals surface area contributed by atoms with Gasteiger partial charge in [0.25, 0.3) is 5.91 Å². The van der Waals surface area contributed by atoms with Crippen LogP contribution in [0.3, 0.4) is 0 Å². The van der Waals surface area contributed by atoms with Crippen molar-refractivity contribution in [2.24, 2.45) is 0 Å². The minimum atomic E-state index is -1.09. The monoisotopic (exact) mass is 361 g/mol. The van der Waals surface area contributed by atoms with Crippen molar-refractivity contribution < 1.29 is 23.8 Å². The third-order valence-electron chi connectivity index (χ3n) is 3.83.